The highest BCUT2D eigenvalue weighted by Crippen LogP contribution is 2.76. The van der Waals surface area contributed by atoms with Crippen molar-refractivity contribution in [2.45, 2.75) is 428 Å². The van der Waals surface area contributed by atoms with Gasteiger partial charge >= 0.3 is 5.97 Å². The first-order valence-corrected chi connectivity index (χ1v) is 55.2. The predicted molar refractivity (Wildman–Crippen MR) is 543 cm³/mol. The third kappa shape index (κ3) is 23.9. The van der Waals surface area contributed by atoms with Crippen LogP contribution >= 0.6 is 0 Å². The fourth-order valence-corrected chi connectivity index (χ4v) is 28.2. The third-order valence-corrected chi connectivity index (χ3v) is 37.8. The van der Waals surface area contributed by atoms with Crippen molar-refractivity contribution in [3.05, 3.63) is 155 Å². The van der Waals surface area contributed by atoms with Crippen LogP contribution in [0.1, 0.15) is 289 Å². The Morgan fingerprint density at radius 3 is 1.71 bits per heavy atom. The average Bonchev–Trinajstić information content (AvgIpc) is 0.874. The predicted octanol–water partition coefficient (Wildman–Crippen LogP) is 21.9. The monoisotopic (exact) mass is 1990 g/mol. The number of fused-ring (bicyclic) bond motifs is 8. The summed E-state index contributed by atoms with van der Waals surface area (Å²) in [6.45, 7) is 46.5. The van der Waals surface area contributed by atoms with Crippen LogP contribution in [0.15, 0.2) is 133 Å². The van der Waals surface area contributed by atoms with E-state index < -0.39 is 145 Å². The summed E-state index contributed by atoms with van der Waals surface area (Å²) in [5.74, 6) is -1.29. The maximum atomic E-state index is 15.0. The maximum Gasteiger partial charge on any atom is 0.306 e. The molecule has 1 amide bonds. The van der Waals surface area contributed by atoms with Gasteiger partial charge in [-0.25, -0.2) is 0 Å². The van der Waals surface area contributed by atoms with Gasteiger partial charge in [0.15, 0.2) is 49.3 Å². The van der Waals surface area contributed by atoms with E-state index in [0.29, 0.717) is 76.5 Å². The number of hydrogen-bond acceptors (Lipinski definition) is 23. The molecule has 11 fully saturated rings. The Bertz CT molecular complexity index is 4760. The van der Waals surface area contributed by atoms with Gasteiger partial charge in [0, 0.05) is 55.0 Å². The average molecular weight is 1990 g/mol. The molecular weight excluding hydrogens is 1810 g/mol. The number of carbonyl (C=O) groups excluding carboxylic acids is 4. The molecule has 7 saturated heterocycles. The third-order valence-electron chi connectivity index (χ3n) is 37.8. The van der Waals surface area contributed by atoms with Crippen molar-refractivity contribution in [2.24, 2.45) is 104 Å². The molecule has 1 N–H and O–H groups in total. The lowest BCUT2D eigenvalue weighted by Gasteiger charge is -2.72. The minimum atomic E-state index is -1.11. The van der Waals surface area contributed by atoms with Crippen LogP contribution in [0.3, 0.4) is 0 Å². The first-order valence-electron chi connectivity index (χ1n) is 55.2. The van der Waals surface area contributed by atoms with E-state index in [-0.39, 0.29) is 113 Å². The highest BCUT2D eigenvalue weighted by Gasteiger charge is 2.72. The number of methoxy groups -OCH3 is 1. The summed E-state index contributed by atoms with van der Waals surface area (Å²) < 4.78 is 135. The second-order valence-corrected chi connectivity index (χ2v) is 48.0. The van der Waals surface area contributed by atoms with Crippen LogP contribution in [0, 0.1) is 104 Å². The van der Waals surface area contributed by atoms with Crippen molar-refractivity contribution >= 4 is 23.9 Å². The van der Waals surface area contributed by atoms with Gasteiger partial charge in [0.05, 0.1) is 94.3 Å². The van der Waals surface area contributed by atoms with Gasteiger partial charge in [0.2, 0.25) is 5.91 Å². The van der Waals surface area contributed by atoms with Gasteiger partial charge in [-0.1, -0.05) is 282 Å². The van der Waals surface area contributed by atoms with Crippen LogP contribution in [0.2, 0.25) is 0 Å². The topological polar surface area (TPSA) is 256 Å². The van der Waals surface area contributed by atoms with Gasteiger partial charge < -0.3 is 100 Å². The van der Waals surface area contributed by atoms with E-state index in [0.717, 1.165) is 125 Å². The van der Waals surface area contributed by atoms with Crippen LogP contribution in [-0.4, -0.2) is 193 Å². The zero-order chi connectivity index (χ0) is 102. The van der Waals surface area contributed by atoms with Crippen molar-refractivity contribution in [3.8, 4) is 0 Å². The van der Waals surface area contributed by atoms with Crippen LogP contribution in [0.25, 0.3) is 0 Å². The number of benzene rings is 4. The number of aldehydes is 1. The van der Waals surface area contributed by atoms with E-state index in [9.17, 15) is 19.2 Å². The van der Waals surface area contributed by atoms with Crippen LogP contribution in [0.5, 0.6) is 0 Å². The second kappa shape index (κ2) is 47.4. The Hall–Kier alpha value is -5.82. The van der Waals surface area contributed by atoms with Crippen molar-refractivity contribution in [3.63, 3.8) is 0 Å². The summed E-state index contributed by atoms with van der Waals surface area (Å²) in [6, 6.07) is 39.6. The smallest absolute Gasteiger partial charge is 0.306 e. The highest BCUT2D eigenvalue weighted by molar-refractivity contribution is 5.81. The lowest BCUT2D eigenvalue weighted by atomic mass is 9.33. The molecule has 7 aliphatic heterocycles. The molecule has 17 unspecified atom stereocenters. The van der Waals surface area contributed by atoms with E-state index in [2.05, 4.69) is 152 Å². The van der Waals surface area contributed by atoms with E-state index >= 15 is 0 Å². The molecule has 0 aromatic heterocycles. The van der Waals surface area contributed by atoms with Crippen molar-refractivity contribution in [1.82, 2.24) is 5.32 Å². The summed E-state index contributed by atoms with van der Waals surface area (Å²) >= 11 is 0. The fourth-order valence-electron chi connectivity index (χ4n) is 28.2. The lowest BCUT2D eigenvalue weighted by Crippen LogP contribution is -2.68. The standard InChI is InChI=1S/C119H175NO23/c1-22-89-75(5)74(4)77(7)109(134-89)141-105-101(138-107-76(6)73(3)72(2)63-130-107)79(9)99(81(11)122)137-111(105)136-94-56-57-115(17)92(116(94,18)70-121)55-58-117(19)93(115)54-53-87-88-61-113(13,14)59-60-119(88,95(125-21)62-118(87,117)20)71-132-110-102(78(8)98(90(135-110)68-126-64-83-43-33-29-34-44-83)120-96(123)51-41-27-25-23-24-26-28-42-52-97(124)128-66-85-47-37-31-38-48-85)139-112-106-104(142-114(15,16)143-106)103(82(12)133-112)140-108-80(10)100(129-67-86-49-39-32-40-50-86)91(69-131-108)127-65-84-45-35-30-36-46-84/h29-40,43-50,53,70,72-80,82,88-95,98-112H,22-28,41-42,51-52,54-69,71H2,1-21H3,(H,120,123)/t72-,73+,74+,75-,76?,77?,78?,79-,80?,82?,88?,89?,90?,91-,92-,93?,94+,95?,98-,99?,100?,101+,102?,103+,104?,105?,106?,107+,108+,109+,110-,111-,112+,115?,116-,117+,118-,119-/m1/s1. The van der Waals surface area contributed by atoms with Crippen molar-refractivity contribution in [1.29, 1.82) is 0 Å². The number of carbonyl (C=O) groups is 4. The van der Waals surface area contributed by atoms with Crippen molar-refractivity contribution in [2.75, 3.05) is 33.5 Å². The van der Waals surface area contributed by atoms with E-state index in [4.69, 9.17) is 90.0 Å². The molecule has 24 heteroatoms. The van der Waals surface area contributed by atoms with E-state index in [1.165, 1.54) is 11.9 Å². The molecule has 4 saturated carbocycles. The molecular formula is C119H175NO23. The van der Waals surface area contributed by atoms with Gasteiger partial charge in [-0.15, -0.1) is 0 Å². The molecule has 0 spiro atoms. The van der Waals surface area contributed by atoms with Gasteiger partial charge in [0.1, 0.15) is 61.7 Å². The van der Waals surface area contributed by atoms with Gasteiger partial charge in [-0.2, -0.15) is 0 Å². The highest BCUT2D eigenvalue weighted by atomic mass is 16.8. The number of ketones is 1. The molecule has 38 atom stereocenters. The second-order valence-electron chi connectivity index (χ2n) is 48.0. The Balaban J connectivity index is 0.668. The largest absolute Gasteiger partial charge is 0.461 e. The number of esters is 1. The molecule has 12 aliphatic rings. The number of hydrogen-bond donors (Lipinski definition) is 1. The summed E-state index contributed by atoms with van der Waals surface area (Å²) in [5.41, 5.74) is 3.05. The van der Waals surface area contributed by atoms with Crippen LogP contribution in [-0.2, 0) is 136 Å². The molecule has 794 valence electrons. The molecule has 24 nitrogen and oxygen atoms in total. The number of nitrogens with one attached hydrogen (secondary N) is 1. The SMILES string of the molecule is CCC1O[C@@H](OC2[C@H](O[C@H]3CCC4(C)C5CC=C6C7CC(C)(C)CC[C@]7(CO[C@@H]7OC(COCc8ccccc8)[C@H](NC(=O)CCCCCCCCCCC(=O)OCc8ccccc8)C(C)C7O[C@@H]7OC(C)[C@H](O[C@@H]8OC[C@@H](OCc9ccccc9)C(OCc9ccccc9)C8C)C8OC(C)(C)OC87)C(OC)C[C@@]6(C)[C@@]5(C)CC[C@H]4[C@@]3(C)C=O)OC(C(C)=O)[C@@H](C)[C@@H]2O[C@@H]2OC[C@@H](C)[C@H](C)C2C)C(C)[C@@H](C)[C@H]1C. The molecule has 5 aliphatic carbocycles. The molecule has 0 bridgehead atoms. The molecule has 7 heterocycles. The summed E-state index contributed by atoms with van der Waals surface area (Å²) in [6.07, 6.45) is 6.44. The Morgan fingerprint density at radius 1 is 0.483 bits per heavy atom. The minimum absolute atomic E-state index is 0.0123. The van der Waals surface area contributed by atoms with E-state index in [1.54, 1.807) is 6.92 Å². The Kier molecular flexibility index (Phi) is 36.4. The van der Waals surface area contributed by atoms with Crippen LogP contribution < -0.4 is 5.32 Å². The number of allylic oxidation sites excluding steroid dienone is 2. The fraction of sp³-hybridized carbons (Fsp3) is 0.748. The molecule has 143 heavy (non-hydrogen) atoms. The first kappa shape index (κ1) is 110. The van der Waals surface area contributed by atoms with Crippen LogP contribution in [0.4, 0.5) is 0 Å². The Labute approximate surface area is 854 Å². The number of amides is 1. The van der Waals surface area contributed by atoms with Gasteiger partial charge in [0.25, 0.3) is 0 Å². The molecule has 4 aromatic rings. The summed E-state index contributed by atoms with van der Waals surface area (Å²) in [5, 5.41) is 3.55. The van der Waals surface area contributed by atoms with Crippen molar-refractivity contribution < 1.29 is 109 Å². The summed E-state index contributed by atoms with van der Waals surface area (Å²) in [7, 11) is 1.91. The first-order chi connectivity index (χ1) is 68.4. The molecule has 0 radical (unpaired) electrons. The molecule has 4 aromatic carbocycles. The normalized spacial score (nSPS) is 41.5. The number of unbranched alkanes of at least 4 members (excludes halogenated alkanes) is 7. The minimum Gasteiger partial charge on any atom is -0.461 e. The summed E-state index contributed by atoms with van der Waals surface area (Å²) in [4.78, 5) is 56.6. The van der Waals surface area contributed by atoms with Gasteiger partial charge in [-0.05, 0) is 190 Å². The number of Topliss-reactive ketones (excluding diaryl/α,β-unsaturated/α-hetero) is 1. The zero-order valence-corrected chi connectivity index (χ0v) is 89.9. The lowest BCUT2D eigenvalue weighted by molar-refractivity contribution is -0.374. The Morgan fingerprint density at radius 2 is 1.06 bits per heavy atom. The number of rotatable bonds is 41. The van der Waals surface area contributed by atoms with E-state index in [1.807, 2.05) is 120 Å². The molecule has 16 rings (SSSR count). The maximum absolute atomic E-state index is 15.0. The zero-order valence-electron chi connectivity index (χ0n) is 89.9. The number of ether oxygens (including phenoxy) is 19. The quantitative estimate of drug-likeness (QED) is 0.0142. The van der Waals surface area contributed by atoms with Gasteiger partial charge in [-0.3, -0.25) is 14.4 Å².